The van der Waals surface area contributed by atoms with Crippen LogP contribution in [-0.4, -0.2) is 23.8 Å². The number of hydrogen-bond acceptors (Lipinski definition) is 2. The van der Waals surface area contributed by atoms with Crippen molar-refractivity contribution in [3.05, 3.63) is 0 Å². The van der Waals surface area contributed by atoms with Gasteiger partial charge in [-0.1, -0.05) is 0 Å². The Hall–Kier alpha value is -0.0800. The van der Waals surface area contributed by atoms with Crippen molar-refractivity contribution in [3.8, 4) is 0 Å². The summed E-state index contributed by atoms with van der Waals surface area (Å²) in [5, 5.41) is 12.9. The van der Waals surface area contributed by atoms with E-state index in [2.05, 4.69) is 5.32 Å². The van der Waals surface area contributed by atoms with Crippen molar-refractivity contribution in [2.24, 2.45) is 5.92 Å². The Kier molecular flexibility index (Phi) is 2.90. The molecule has 2 N–H and O–H groups in total. The van der Waals surface area contributed by atoms with E-state index in [0.29, 0.717) is 5.92 Å². The van der Waals surface area contributed by atoms with Crippen LogP contribution in [0, 0.1) is 5.92 Å². The third-order valence-electron chi connectivity index (χ3n) is 2.19. The van der Waals surface area contributed by atoms with Gasteiger partial charge >= 0.3 is 0 Å². The molecule has 1 aliphatic rings. The van der Waals surface area contributed by atoms with Crippen LogP contribution >= 0.6 is 0 Å². The molecule has 66 valence electrons. The molecule has 0 unspecified atom stereocenters. The van der Waals surface area contributed by atoms with E-state index in [1.807, 2.05) is 13.8 Å². The van der Waals surface area contributed by atoms with Gasteiger partial charge in [0.25, 0.3) is 0 Å². The maximum Gasteiger partial charge on any atom is 0.0594 e. The van der Waals surface area contributed by atoms with Gasteiger partial charge in [-0.2, -0.15) is 0 Å². The first-order chi connectivity index (χ1) is 5.08. The molecule has 0 aromatic carbocycles. The lowest BCUT2D eigenvalue weighted by molar-refractivity contribution is 0.0482. The van der Waals surface area contributed by atoms with Crippen LogP contribution < -0.4 is 5.32 Å². The molecule has 0 amide bonds. The summed E-state index contributed by atoms with van der Waals surface area (Å²) >= 11 is 0. The second kappa shape index (κ2) is 3.55. The highest BCUT2D eigenvalue weighted by molar-refractivity contribution is 4.76. The third kappa shape index (κ3) is 3.73. The van der Waals surface area contributed by atoms with Crippen LogP contribution in [0.5, 0.6) is 0 Å². The second-order valence-electron chi connectivity index (χ2n) is 4.23. The lowest BCUT2D eigenvalue weighted by Crippen LogP contribution is -2.34. The highest BCUT2D eigenvalue weighted by Crippen LogP contribution is 2.21. The summed E-state index contributed by atoms with van der Waals surface area (Å²) < 4.78 is 0. The van der Waals surface area contributed by atoms with E-state index in [-0.39, 0.29) is 0 Å². The largest absolute Gasteiger partial charge is 0.390 e. The van der Waals surface area contributed by atoms with Gasteiger partial charge in [0.15, 0.2) is 0 Å². The number of nitrogens with one attached hydrogen (secondary N) is 1. The molecule has 0 aliphatic carbocycles. The Balaban J connectivity index is 2.24. The molecule has 0 aromatic rings. The Morgan fingerprint density at radius 2 is 2.27 bits per heavy atom. The van der Waals surface area contributed by atoms with Crippen LogP contribution in [0.4, 0.5) is 0 Å². The van der Waals surface area contributed by atoms with Gasteiger partial charge in [-0.05, 0) is 52.1 Å². The third-order valence-corrected chi connectivity index (χ3v) is 2.19. The van der Waals surface area contributed by atoms with Crippen molar-refractivity contribution >= 4 is 0 Å². The first-order valence-electron chi connectivity index (χ1n) is 4.51. The van der Waals surface area contributed by atoms with Crippen molar-refractivity contribution in [2.45, 2.75) is 38.7 Å². The van der Waals surface area contributed by atoms with Crippen LogP contribution in [0.3, 0.4) is 0 Å². The van der Waals surface area contributed by atoms with E-state index in [4.69, 9.17) is 0 Å². The topological polar surface area (TPSA) is 32.3 Å². The van der Waals surface area contributed by atoms with Crippen molar-refractivity contribution < 1.29 is 5.11 Å². The minimum absolute atomic E-state index is 0.482. The summed E-state index contributed by atoms with van der Waals surface area (Å²) in [6.45, 7) is 6.02. The summed E-state index contributed by atoms with van der Waals surface area (Å²) in [5.41, 5.74) is -0.482. The zero-order valence-corrected chi connectivity index (χ0v) is 7.56. The number of aliphatic hydroxyl groups is 1. The van der Waals surface area contributed by atoms with E-state index in [9.17, 15) is 5.11 Å². The molecule has 0 aromatic heterocycles. The lowest BCUT2D eigenvalue weighted by atomic mass is 9.88. The van der Waals surface area contributed by atoms with Gasteiger partial charge in [0.05, 0.1) is 5.60 Å². The molecule has 0 radical (unpaired) electrons. The van der Waals surface area contributed by atoms with Crippen LogP contribution in [0.15, 0.2) is 0 Å². The Bertz CT molecular complexity index is 111. The average Bonchev–Trinajstić information content (AvgIpc) is 1.85. The summed E-state index contributed by atoms with van der Waals surface area (Å²) in [5.74, 6) is 0.684. The Labute approximate surface area is 69.0 Å². The quantitative estimate of drug-likeness (QED) is 0.630. The standard InChI is InChI=1S/C9H19NO/c1-9(2,11)6-8-4-3-5-10-7-8/h8,10-11H,3-7H2,1-2H3/t8-/m0/s1. The van der Waals surface area contributed by atoms with E-state index in [1.54, 1.807) is 0 Å². The minimum atomic E-state index is -0.482. The molecular weight excluding hydrogens is 138 g/mol. The zero-order valence-electron chi connectivity index (χ0n) is 7.56. The summed E-state index contributed by atoms with van der Waals surface area (Å²) in [6, 6.07) is 0. The Morgan fingerprint density at radius 3 is 2.73 bits per heavy atom. The van der Waals surface area contributed by atoms with Crippen LogP contribution in [-0.2, 0) is 0 Å². The molecule has 0 bridgehead atoms. The first-order valence-corrected chi connectivity index (χ1v) is 4.51. The van der Waals surface area contributed by atoms with Crippen LogP contribution in [0.1, 0.15) is 33.1 Å². The van der Waals surface area contributed by atoms with Crippen LogP contribution in [0.2, 0.25) is 0 Å². The summed E-state index contributed by atoms with van der Waals surface area (Å²) in [7, 11) is 0. The van der Waals surface area contributed by atoms with E-state index in [1.165, 1.54) is 12.8 Å². The molecule has 0 spiro atoms. The normalized spacial score (nSPS) is 27.0. The fourth-order valence-electron chi connectivity index (χ4n) is 1.80. The van der Waals surface area contributed by atoms with Gasteiger partial charge < -0.3 is 10.4 Å². The second-order valence-corrected chi connectivity index (χ2v) is 4.23. The minimum Gasteiger partial charge on any atom is -0.390 e. The Morgan fingerprint density at radius 1 is 1.55 bits per heavy atom. The maximum absolute atomic E-state index is 9.54. The highest BCUT2D eigenvalue weighted by atomic mass is 16.3. The highest BCUT2D eigenvalue weighted by Gasteiger charge is 2.21. The molecule has 0 saturated carbocycles. The lowest BCUT2D eigenvalue weighted by Gasteiger charge is -2.28. The molecule has 1 aliphatic heterocycles. The van der Waals surface area contributed by atoms with Crippen molar-refractivity contribution in [3.63, 3.8) is 0 Å². The van der Waals surface area contributed by atoms with Gasteiger partial charge in [0, 0.05) is 0 Å². The molecule has 1 atom stereocenters. The van der Waals surface area contributed by atoms with Crippen molar-refractivity contribution in [1.29, 1.82) is 0 Å². The average molecular weight is 157 g/mol. The zero-order chi connectivity index (χ0) is 8.32. The van der Waals surface area contributed by atoms with E-state index < -0.39 is 5.60 Å². The van der Waals surface area contributed by atoms with Crippen LogP contribution in [0.25, 0.3) is 0 Å². The molecule has 1 fully saturated rings. The molecule has 1 heterocycles. The maximum atomic E-state index is 9.54. The van der Waals surface area contributed by atoms with Gasteiger partial charge in [0.1, 0.15) is 0 Å². The van der Waals surface area contributed by atoms with Crippen molar-refractivity contribution in [1.82, 2.24) is 5.32 Å². The predicted octanol–water partition coefficient (Wildman–Crippen LogP) is 1.15. The van der Waals surface area contributed by atoms with E-state index >= 15 is 0 Å². The van der Waals surface area contributed by atoms with Gasteiger partial charge in [0.2, 0.25) is 0 Å². The number of piperidine rings is 1. The predicted molar refractivity (Wildman–Crippen MR) is 46.5 cm³/mol. The van der Waals surface area contributed by atoms with Crippen molar-refractivity contribution in [2.75, 3.05) is 13.1 Å². The monoisotopic (exact) mass is 157 g/mol. The first kappa shape index (κ1) is 9.01. The fraction of sp³-hybridized carbons (Fsp3) is 1.00. The van der Waals surface area contributed by atoms with E-state index in [0.717, 1.165) is 19.5 Å². The molecule has 2 nitrogen and oxygen atoms in total. The molecule has 2 heteroatoms. The molecule has 11 heavy (non-hydrogen) atoms. The smallest absolute Gasteiger partial charge is 0.0594 e. The van der Waals surface area contributed by atoms with Gasteiger partial charge in [-0.3, -0.25) is 0 Å². The number of hydrogen-bond donors (Lipinski definition) is 2. The SMILES string of the molecule is CC(C)(O)C[C@@H]1CCCNC1. The molecular formula is C9H19NO. The molecule has 1 saturated heterocycles. The summed E-state index contributed by atoms with van der Waals surface area (Å²) in [4.78, 5) is 0. The number of rotatable bonds is 2. The fourth-order valence-corrected chi connectivity index (χ4v) is 1.80. The molecule has 1 rings (SSSR count). The van der Waals surface area contributed by atoms with Gasteiger partial charge in [-0.25, -0.2) is 0 Å². The summed E-state index contributed by atoms with van der Waals surface area (Å²) in [6.07, 6.45) is 3.47. The van der Waals surface area contributed by atoms with Gasteiger partial charge in [-0.15, -0.1) is 0 Å².